The topological polar surface area (TPSA) is 20.2 Å². The van der Waals surface area contributed by atoms with Crippen LogP contribution >= 0.6 is 0 Å². The summed E-state index contributed by atoms with van der Waals surface area (Å²) in [5, 5.41) is 9.69. The van der Waals surface area contributed by atoms with E-state index in [0.717, 1.165) is 5.56 Å². The molecule has 1 unspecified atom stereocenters. The number of aliphatic hydroxyl groups is 1. The number of rotatable bonds is 5. The van der Waals surface area contributed by atoms with Crippen molar-refractivity contribution in [1.29, 1.82) is 0 Å². The van der Waals surface area contributed by atoms with Gasteiger partial charge in [0.05, 0.1) is 6.10 Å². The predicted octanol–water partition coefficient (Wildman–Crippen LogP) is 3.66. The fourth-order valence-electron chi connectivity index (χ4n) is 1.36. The first-order valence-corrected chi connectivity index (χ1v) is 5.76. The van der Waals surface area contributed by atoms with Crippen molar-refractivity contribution in [2.45, 2.75) is 26.4 Å². The Kier molecular flexibility index (Phi) is 5.58. The number of allylic oxidation sites excluding steroid dienone is 1. The van der Waals surface area contributed by atoms with Gasteiger partial charge >= 0.3 is 0 Å². The van der Waals surface area contributed by atoms with Crippen LogP contribution in [0, 0.1) is 5.92 Å². The summed E-state index contributed by atoms with van der Waals surface area (Å²) >= 11 is 0. The highest BCUT2D eigenvalue weighted by molar-refractivity contribution is 5.49. The van der Waals surface area contributed by atoms with Gasteiger partial charge < -0.3 is 5.11 Å². The van der Waals surface area contributed by atoms with E-state index in [4.69, 9.17) is 0 Å². The van der Waals surface area contributed by atoms with Crippen molar-refractivity contribution in [2.24, 2.45) is 5.92 Å². The lowest BCUT2D eigenvalue weighted by Crippen LogP contribution is -1.99. The van der Waals surface area contributed by atoms with Crippen molar-refractivity contribution in [2.75, 3.05) is 0 Å². The summed E-state index contributed by atoms with van der Waals surface area (Å²) in [6.07, 6.45) is 8.22. The molecule has 0 saturated heterocycles. The lowest BCUT2D eigenvalue weighted by atomic mass is 10.1. The highest BCUT2D eigenvalue weighted by atomic mass is 16.3. The third-order valence-corrected chi connectivity index (χ3v) is 2.21. The largest absolute Gasteiger partial charge is 0.389 e. The fourth-order valence-corrected chi connectivity index (χ4v) is 1.36. The van der Waals surface area contributed by atoms with Crippen molar-refractivity contribution >= 4 is 6.08 Å². The van der Waals surface area contributed by atoms with Crippen molar-refractivity contribution < 1.29 is 5.11 Å². The minimum Gasteiger partial charge on any atom is -0.389 e. The molecule has 0 amide bonds. The molecule has 0 bridgehead atoms. The zero-order chi connectivity index (χ0) is 11.8. The van der Waals surface area contributed by atoms with Gasteiger partial charge in [-0.2, -0.15) is 0 Å². The number of hydrogen-bond acceptors (Lipinski definition) is 1. The van der Waals surface area contributed by atoms with E-state index in [2.05, 4.69) is 19.9 Å². The van der Waals surface area contributed by atoms with Crippen LogP contribution < -0.4 is 0 Å². The molecule has 1 N–H and O–H groups in total. The molecule has 0 spiro atoms. The van der Waals surface area contributed by atoms with Crippen molar-refractivity contribution in [3.63, 3.8) is 0 Å². The molecule has 1 nitrogen and oxygen atoms in total. The van der Waals surface area contributed by atoms with Gasteiger partial charge in [0.25, 0.3) is 0 Å². The Morgan fingerprint density at radius 3 is 2.44 bits per heavy atom. The normalized spacial score (nSPS) is 14.0. The maximum Gasteiger partial charge on any atom is 0.0758 e. The zero-order valence-corrected chi connectivity index (χ0v) is 10.0. The maximum atomic E-state index is 9.69. The lowest BCUT2D eigenvalue weighted by molar-refractivity contribution is 0.227. The Hall–Kier alpha value is -1.34. The molecule has 1 atom stereocenters. The molecule has 0 aromatic heterocycles. The minimum atomic E-state index is -0.393. The van der Waals surface area contributed by atoms with Gasteiger partial charge in [0.2, 0.25) is 0 Å². The second-order valence-corrected chi connectivity index (χ2v) is 4.25. The monoisotopic (exact) mass is 216 g/mol. The van der Waals surface area contributed by atoms with E-state index in [1.807, 2.05) is 48.6 Å². The van der Waals surface area contributed by atoms with E-state index in [-0.39, 0.29) is 0 Å². The number of benzene rings is 1. The molecular weight excluding hydrogens is 196 g/mol. The standard InChI is InChI=1S/C15H20O/c1-13(2)7-6-10-15(16)12-11-14-8-4-3-5-9-14/h3-9,11-13,15-16H,10H2,1-2H3/b7-6+,12-11+. The molecule has 0 aliphatic carbocycles. The highest BCUT2D eigenvalue weighted by Gasteiger charge is 1.95. The van der Waals surface area contributed by atoms with E-state index < -0.39 is 6.10 Å². The Bertz CT molecular complexity index is 336. The van der Waals surface area contributed by atoms with Crippen LogP contribution in [-0.4, -0.2) is 11.2 Å². The van der Waals surface area contributed by atoms with E-state index in [1.165, 1.54) is 0 Å². The second-order valence-electron chi connectivity index (χ2n) is 4.25. The fraction of sp³-hybridized carbons (Fsp3) is 0.333. The molecule has 1 aromatic carbocycles. The number of hydrogen-bond donors (Lipinski definition) is 1. The van der Waals surface area contributed by atoms with Gasteiger partial charge in [-0.25, -0.2) is 0 Å². The summed E-state index contributed by atoms with van der Waals surface area (Å²) < 4.78 is 0. The summed E-state index contributed by atoms with van der Waals surface area (Å²) in [7, 11) is 0. The summed E-state index contributed by atoms with van der Waals surface area (Å²) in [6.45, 7) is 4.26. The van der Waals surface area contributed by atoms with Crippen LogP contribution in [-0.2, 0) is 0 Å². The SMILES string of the molecule is CC(C)/C=C/CC(O)/C=C/c1ccccc1. The molecule has 1 rings (SSSR count). The first kappa shape index (κ1) is 12.7. The molecule has 86 valence electrons. The van der Waals surface area contributed by atoms with Gasteiger partial charge in [-0.05, 0) is 17.9 Å². The Morgan fingerprint density at radius 2 is 1.81 bits per heavy atom. The summed E-state index contributed by atoms with van der Waals surface area (Å²) in [4.78, 5) is 0. The predicted molar refractivity (Wildman–Crippen MR) is 70.1 cm³/mol. The molecule has 0 aliphatic rings. The van der Waals surface area contributed by atoms with Crippen molar-refractivity contribution in [3.8, 4) is 0 Å². The second kappa shape index (κ2) is 7.02. The summed E-state index contributed by atoms with van der Waals surface area (Å²) in [5.74, 6) is 0.547. The van der Waals surface area contributed by atoms with Gasteiger partial charge in [0, 0.05) is 0 Å². The van der Waals surface area contributed by atoms with E-state index >= 15 is 0 Å². The smallest absolute Gasteiger partial charge is 0.0758 e. The van der Waals surface area contributed by atoms with Gasteiger partial charge in [0.1, 0.15) is 0 Å². The molecule has 0 fully saturated rings. The van der Waals surface area contributed by atoms with Crippen LogP contribution in [0.15, 0.2) is 48.6 Å². The third kappa shape index (κ3) is 5.52. The van der Waals surface area contributed by atoms with E-state index in [0.29, 0.717) is 12.3 Å². The summed E-state index contributed by atoms with van der Waals surface area (Å²) in [6, 6.07) is 10.0. The molecule has 0 heterocycles. The maximum absolute atomic E-state index is 9.69. The lowest BCUT2D eigenvalue weighted by Gasteiger charge is -2.01. The van der Waals surface area contributed by atoms with Gasteiger partial charge in [-0.3, -0.25) is 0 Å². The van der Waals surface area contributed by atoms with Crippen LogP contribution in [0.4, 0.5) is 0 Å². The van der Waals surface area contributed by atoms with Gasteiger partial charge in [-0.15, -0.1) is 0 Å². The first-order chi connectivity index (χ1) is 7.68. The minimum absolute atomic E-state index is 0.393. The van der Waals surface area contributed by atoms with Crippen molar-refractivity contribution in [3.05, 3.63) is 54.1 Å². The molecule has 0 radical (unpaired) electrons. The van der Waals surface area contributed by atoms with Gasteiger partial charge in [-0.1, -0.05) is 68.5 Å². The molecule has 1 heteroatoms. The molecule has 0 aliphatic heterocycles. The van der Waals surface area contributed by atoms with Crippen LogP contribution in [0.1, 0.15) is 25.8 Å². The van der Waals surface area contributed by atoms with E-state index in [1.54, 1.807) is 0 Å². The molecular formula is C15H20O. The van der Waals surface area contributed by atoms with Crippen LogP contribution in [0.2, 0.25) is 0 Å². The average molecular weight is 216 g/mol. The first-order valence-electron chi connectivity index (χ1n) is 5.76. The van der Waals surface area contributed by atoms with Gasteiger partial charge in [0.15, 0.2) is 0 Å². The zero-order valence-electron chi connectivity index (χ0n) is 10.0. The van der Waals surface area contributed by atoms with Crippen molar-refractivity contribution in [1.82, 2.24) is 0 Å². The quantitative estimate of drug-likeness (QED) is 0.745. The molecule has 1 aromatic rings. The van der Waals surface area contributed by atoms with Crippen LogP contribution in [0.3, 0.4) is 0 Å². The Balaban J connectivity index is 2.40. The Labute approximate surface area is 98.1 Å². The average Bonchev–Trinajstić information content (AvgIpc) is 2.27. The highest BCUT2D eigenvalue weighted by Crippen LogP contribution is 2.05. The third-order valence-electron chi connectivity index (χ3n) is 2.21. The Morgan fingerprint density at radius 1 is 1.12 bits per heavy atom. The van der Waals surface area contributed by atoms with Crippen LogP contribution in [0.25, 0.3) is 6.08 Å². The van der Waals surface area contributed by atoms with E-state index in [9.17, 15) is 5.11 Å². The number of aliphatic hydroxyl groups excluding tert-OH is 1. The molecule has 16 heavy (non-hydrogen) atoms. The summed E-state index contributed by atoms with van der Waals surface area (Å²) in [5.41, 5.74) is 1.12. The van der Waals surface area contributed by atoms with Crippen LogP contribution in [0.5, 0.6) is 0 Å². The molecule has 0 saturated carbocycles.